The average Bonchev–Trinajstić information content (AvgIpc) is 3.06. The molecule has 2 rings (SSSR count). The van der Waals surface area contributed by atoms with E-state index in [4.69, 9.17) is 5.73 Å². The minimum Gasteiger partial charge on any atom is -0.326 e. The molecule has 1 aliphatic carbocycles. The zero-order valence-corrected chi connectivity index (χ0v) is 13.3. The topological polar surface area (TPSA) is 72.2 Å². The molecule has 112 valence electrons. The standard InChI is InChI=1S/C15H24N2O2S/c1-4-5-12-7-14(12)17-20(18,19)15-8-13(9-16)10(2)6-11(15)3/h6,8,12,14,17H,4-5,7,9,16H2,1-3H3. The number of nitrogens with two attached hydrogens (primary N) is 1. The molecule has 3 N–H and O–H groups in total. The highest BCUT2D eigenvalue weighted by Gasteiger charge is 2.39. The maximum absolute atomic E-state index is 12.5. The molecule has 1 aromatic carbocycles. The third kappa shape index (κ3) is 3.22. The summed E-state index contributed by atoms with van der Waals surface area (Å²) in [4.78, 5) is 0.366. The van der Waals surface area contributed by atoms with E-state index in [0.717, 1.165) is 36.0 Å². The molecule has 5 heteroatoms. The van der Waals surface area contributed by atoms with Gasteiger partial charge in [-0.05, 0) is 55.4 Å². The van der Waals surface area contributed by atoms with Gasteiger partial charge in [-0.15, -0.1) is 0 Å². The van der Waals surface area contributed by atoms with Crippen LogP contribution in [-0.2, 0) is 16.6 Å². The zero-order valence-electron chi connectivity index (χ0n) is 12.4. The predicted octanol–water partition coefficient (Wildman–Crippen LogP) is 2.23. The summed E-state index contributed by atoms with van der Waals surface area (Å²) < 4.78 is 27.8. The zero-order chi connectivity index (χ0) is 14.9. The lowest BCUT2D eigenvalue weighted by Gasteiger charge is -2.12. The van der Waals surface area contributed by atoms with E-state index < -0.39 is 10.0 Å². The van der Waals surface area contributed by atoms with Crippen molar-refractivity contribution in [3.05, 3.63) is 28.8 Å². The quantitative estimate of drug-likeness (QED) is 0.845. The summed E-state index contributed by atoms with van der Waals surface area (Å²) in [5.74, 6) is 0.509. The molecule has 0 heterocycles. The molecule has 1 aromatic rings. The Morgan fingerprint density at radius 2 is 2.00 bits per heavy atom. The SMILES string of the molecule is CCCC1CC1NS(=O)(=O)c1cc(CN)c(C)cc1C. The van der Waals surface area contributed by atoms with Crippen molar-refractivity contribution in [2.24, 2.45) is 11.7 Å². The molecule has 0 aliphatic heterocycles. The molecule has 2 unspecified atom stereocenters. The minimum absolute atomic E-state index is 0.113. The maximum Gasteiger partial charge on any atom is 0.241 e. The van der Waals surface area contributed by atoms with E-state index in [1.807, 2.05) is 19.9 Å². The Hall–Kier alpha value is -0.910. The van der Waals surface area contributed by atoms with Gasteiger partial charge >= 0.3 is 0 Å². The van der Waals surface area contributed by atoms with E-state index in [0.29, 0.717) is 17.4 Å². The van der Waals surface area contributed by atoms with Gasteiger partial charge in [0.15, 0.2) is 0 Å². The Morgan fingerprint density at radius 1 is 1.30 bits per heavy atom. The Kier molecular flexibility index (Phi) is 4.52. The molecule has 1 fully saturated rings. The van der Waals surface area contributed by atoms with Gasteiger partial charge in [-0.3, -0.25) is 0 Å². The Morgan fingerprint density at radius 3 is 2.60 bits per heavy atom. The van der Waals surface area contributed by atoms with E-state index in [1.54, 1.807) is 6.07 Å². The Balaban J connectivity index is 2.22. The molecule has 2 atom stereocenters. The van der Waals surface area contributed by atoms with Gasteiger partial charge in [-0.1, -0.05) is 19.4 Å². The van der Waals surface area contributed by atoms with Crippen LogP contribution in [0.5, 0.6) is 0 Å². The van der Waals surface area contributed by atoms with Crippen LogP contribution in [0, 0.1) is 19.8 Å². The van der Waals surface area contributed by atoms with Crippen LogP contribution in [0.2, 0.25) is 0 Å². The molecule has 0 aromatic heterocycles. The van der Waals surface area contributed by atoms with Crippen molar-refractivity contribution in [2.45, 2.75) is 57.5 Å². The normalized spacial score (nSPS) is 22.0. The highest BCUT2D eigenvalue weighted by Crippen LogP contribution is 2.36. The largest absolute Gasteiger partial charge is 0.326 e. The molecule has 0 radical (unpaired) electrons. The van der Waals surface area contributed by atoms with Crippen molar-refractivity contribution in [1.29, 1.82) is 0 Å². The van der Waals surface area contributed by atoms with Gasteiger partial charge in [0.1, 0.15) is 0 Å². The van der Waals surface area contributed by atoms with Gasteiger partial charge in [0.2, 0.25) is 10.0 Å². The van der Waals surface area contributed by atoms with Crippen molar-refractivity contribution in [3.8, 4) is 0 Å². The molecule has 20 heavy (non-hydrogen) atoms. The molecular weight excluding hydrogens is 272 g/mol. The van der Waals surface area contributed by atoms with Crippen LogP contribution in [0.1, 0.15) is 42.9 Å². The van der Waals surface area contributed by atoms with Crippen LogP contribution in [0.25, 0.3) is 0 Å². The summed E-state index contributed by atoms with van der Waals surface area (Å²) in [7, 11) is -3.43. The van der Waals surface area contributed by atoms with E-state index in [-0.39, 0.29) is 6.04 Å². The van der Waals surface area contributed by atoms with Crippen LogP contribution < -0.4 is 10.5 Å². The first kappa shape index (κ1) is 15.5. The van der Waals surface area contributed by atoms with E-state index in [2.05, 4.69) is 11.6 Å². The molecular formula is C15H24N2O2S. The second-order valence-electron chi connectivity index (χ2n) is 5.76. The number of rotatable bonds is 6. The van der Waals surface area contributed by atoms with Gasteiger partial charge < -0.3 is 5.73 Å². The van der Waals surface area contributed by atoms with Crippen molar-refractivity contribution >= 4 is 10.0 Å². The van der Waals surface area contributed by atoms with Crippen LogP contribution in [-0.4, -0.2) is 14.5 Å². The number of benzene rings is 1. The molecule has 4 nitrogen and oxygen atoms in total. The average molecular weight is 296 g/mol. The van der Waals surface area contributed by atoms with Crippen LogP contribution in [0.15, 0.2) is 17.0 Å². The van der Waals surface area contributed by atoms with Gasteiger partial charge in [0, 0.05) is 12.6 Å². The monoisotopic (exact) mass is 296 g/mol. The highest BCUT2D eigenvalue weighted by molar-refractivity contribution is 7.89. The lowest BCUT2D eigenvalue weighted by atomic mass is 10.1. The predicted molar refractivity (Wildman–Crippen MR) is 80.9 cm³/mol. The van der Waals surface area contributed by atoms with Crippen molar-refractivity contribution in [1.82, 2.24) is 4.72 Å². The third-order valence-corrected chi connectivity index (χ3v) is 5.66. The van der Waals surface area contributed by atoms with E-state index >= 15 is 0 Å². The van der Waals surface area contributed by atoms with Crippen LogP contribution >= 0.6 is 0 Å². The molecule has 0 bridgehead atoms. The fourth-order valence-corrected chi connectivity index (χ4v) is 4.32. The second kappa shape index (κ2) is 5.84. The summed E-state index contributed by atoms with van der Waals surface area (Å²) >= 11 is 0. The lowest BCUT2D eigenvalue weighted by molar-refractivity contribution is 0.572. The van der Waals surface area contributed by atoms with Gasteiger partial charge in [-0.25, -0.2) is 13.1 Å². The Bertz CT molecular complexity index is 596. The molecule has 0 saturated heterocycles. The molecule has 0 spiro atoms. The second-order valence-corrected chi connectivity index (χ2v) is 7.44. The summed E-state index contributed by atoms with van der Waals surface area (Å²) in [5.41, 5.74) is 8.38. The van der Waals surface area contributed by atoms with Gasteiger partial charge in [-0.2, -0.15) is 0 Å². The number of hydrogen-bond donors (Lipinski definition) is 2. The minimum atomic E-state index is -3.43. The number of nitrogens with one attached hydrogen (secondary N) is 1. The van der Waals surface area contributed by atoms with Gasteiger partial charge in [0.25, 0.3) is 0 Å². The Labute approximate surface area is 121 Å². The smallest absolute Gasteiger partial charge is 0.241 e. The van der Waals surface area contributed by atoms with E-state index in [1.165, 1.54) is 0 Å². The first-order chi connectivity index (χ1) is 9.39. The molecule has 1 aliphatic rings. The van der Waals surface area contributed by atoms with Crippen LogP contribution in [0.3, 0.4) is 0 Å². The van der Waals surface area contributed by atoms with Crippen LogP contribution in [0.4, 0.5) is 0 Å². The van der Waals surface area contributed by atoms with Crippen molar-refractivity contribution in [3.63, 3.8) is 0 Å². The van der Waals surface area contributed by atoms with Crippen molar-refractivity contribution in [2.75, 3.05) is 0 Å². The summed E-state index contributed by atoms with van der Waals surface area (Å²) in [6, 6.07) is 3.72. The van der Waals surface area contributed by atoms with Crippen molar-refractivity contribution < 1.29 is 8.42 Å². The first-order valence-electron chi connectivity index (χ1n) is 7.21. The summed E-state index contributed by atoms with van der Waals surface area (Å²) in [5, 5.41) is 0. The number of aryl methyl sites for hydroxylation is 2. The first-order valence-corrected chi connectivity index (χ1v) is 8.70. The fraction of sp³-hybridized carbons (Fsp3) is 0.600. The maximum atomic E-state index is 12.5. The lowest BCUT2D eigenvalue weighted by Crippen LogP contribution is -2.28. The number of hydrogen-bond acceptors (Lipinski definition) is 3. The highest BCUT2D eigenvalue weighted by atomic mass is 32.2. The fourth-order valence-electron chi connectivity index (χ4n) is 2.73. The molecule has 1 saturated carbocycles. The summed E-state index contributed by atoms with van der Waals surface area (Å²) in [6.45, 7) is 6.27. The molecule has 0 amide bonds. The third-order valence-electron chi connectivity index (χ3n) is 4.03. The number of sulfonamides is 1. The van der Waals surface area contributed by atoms with E-state index in [9.17, 15) is 8.42 Å². The van der Waals surface area contributed by atoms with Gasteiger partial charge in [0.05, 0.1) is 4.90 Å². The summed E-state index contributed by atoms with van der Waals surface area (Å²) in [6.07, 6.45) is 3.15.